The summed E-state index contributed by atoms with van der Waals surface area (Å²) in [6.45, 7) is 6.27. The highest BCUT2D eigenvalue weighted by Gasteiger charge is 2.28. The van der Waals surface area contributed by atoms with E-state index in [4.69, 9.17) is 4.74 Å². The van der Waals surface area contributed by atoms with Gasteiger partial charge in [-0.05, 0) is 83.3 Å². The Kier molecular flexibility index (Phi) is 6.88. The van der Waals surface area contributed by atoms with Crippen LogP contribution in [-0.2, 0) is 0 Å². The largest absolute Gasteiger partial charge is 0.508 e. The minimum atomic E-state index is -0.118. The Hall–Kier alpha value is -4.18. The van der Waals surface area contributed by atoms with E-state index in [0.717, 1.165) is 33.6 Å². The molecule has 4 heteroatoms. The van der Waals surface area contributed by atoms with E-state index in [-0.39, 0.29) is 29.1 Å². The van der Waals surface area contributed by atoms with Crippen molar-refractivity contribution in [3.63, 3.8) is 0 Å². The smallest absolute Gasteiger partial charge is 0.119 e. The van der Waals surface area contributed by atoms with Crippen LogP contribution in [0.4, 0.5) is 0 Å². The molecule has 0 aliphatic rings. The first kappa shape index (κ1) is 23.0. The summed E-state index contributed by atoms with van der Waals surface area (Å²) in [6, 6.07) is 29.7. The molecule has 34 heavy (non-hydrogen) atoms. The molecule has 1 atom stereocenters. The Balaban J connectivity index is 1.84. The van der Waals surface area contributed by atoms with E-state index in [2.05, 4.69) is 18.7 Å². The molecule has 0 aliphatic carbocycles. The van der Waals surface area contributed by atoms with Crippen LogP contribution >= 0.6 is 0 Å². The first-order valence-electron chi connectivity index (χ1n) is 11.1. The van der Waals surface area contributed by atoms with Crippen LogP contribution in [-0.4, -0.2) is 21.9 Å². The van der Waals surface area contributed by atoms with Crippen molar-refractivity contribution in [1.29, 1.82) is 0 Å². The number of hydrogen-bond donors (Lipinski definition) is 3. The van der Waals surface area contributed by atoms with Crippen LogP contribution in [0.2, 0.25) is 0 Å². The van der Waals surface area contributed by atoms with E-state index in [1.807, 2.05) is 55.5 Å². The molecule has 4 aromatic rings. The summed E-state index contributed by atoms with van der Waals surface area (Å²) in [6.07, 6.45) is 0. The van der Waals surface area contributed by atoms with Crippen molar-refractivity contribution in [2.75, 3.05) is 6.61 Å². The number of hydrogen-bond acceptors (Lipinski definition) is 4. The van der Waals surface area contributed by atoms with Gasteiger partial charge in [0.2, 0.25) is 0 Å². The zero-order valence-corrected chi connectivity index (χ0v) is 19.1. The predicted octanol–water partition coefficient (Wildman–Crippen LogP) is 6.72. The molecule has 1 unspecified atom stereocenters. The molecule has 0 heterocycles. The van der Waals surface area contributed by atoms with Gasteiger partial charge in [0.15, 0.2) is 0 Å². The molecule has 0 aliphatic heterocycles. The Morgan fingerprint density at radius 2 is 0.882 bits per heavy atom. The van der Waals surface area contributed by atoms with Crippen molar-refractivity contribution >= 4 is 0 Å². The van der Waals surface area contributed by atoms with Crippen LogP contribution in [0, 0.1) is 0 Å². The monoisotopic (exact) mass is 452 g/mol. The topological polar surface area (TPSA) is 69.9 Å². The van der Waals surface area contributed by atoms with Gasteiger partial charge in [-0.15, -0.1) is 0 Å². The maximum absolute atomic E-state index is 9.90. The summed E-state index contributed by atoms with van der Waals surface area (Å²) in [7, 11) is 0. The molecule has 0 amide bonds. The summed E-state index contributed by atoms with van der Waals surface area (Å²) in [4.78, 5) is 0. The lowest BCUT2D eigenvalue weighted by atomic mass is 9.73. The molecule has 0 aromatic heterocycles. The molecule has 0 radical (unpaired) electrons. The van der Waals surface area contributed by atoms with E-state index in [0.29, 0.717) is 6.61 Å². The number of phenols is 3. The van der Waals surface area contributed by atoms with Gasteiger partial charge in [-0.1, -0.05) is 55.1 Å². The lowest BCUT2D eigenvalue weighted by Gasteiger charge is -2.30. The third-order valence-electron chi connectivity index (χ3n) is 5.81. The van der Waals surface area contributed by atoms with Crippen molar-refractivity contribution in [1.82, 2.24) is 0 Å². The quantitative estimate of drug-likeness (QED) is 0.260. The standard InChI is InChI=1S/C30H28O4/c1-20(2)19-34-28-17-9-24(10-18-28)30(23-7-15-27(33)16-8-23)29(21-3-11-25(31)12-4-21)22-5-13-26(32)14-6-22/h3-18,29-33H,1,19H2,2H3. The Morgan fingerprint density at radius 3 is 1.18 bits per heavy atom. The number of phenolic OH excluding ortho intramolecular Hbond substituents is 3. The van der Waals surface area contributed by atoms with Crippen molar-refractivity contribution in [2.45, 2.75) is 18.8 Å². The Labute approximate surface area is 200 Å². The summed E-state index contributed by atoms with van der Waals surface area (Å²) in [5, 5.41) is 29.7. The third-order valence-corrected chi connectivity index (χ3v) is 5.81. The van der Waals surface area contributed by atoms with Gasteiger partial charge < -0.3 is 20.1 Å². The lowest BCUT2D eigenvalue weighted by Crippen LogP contribution is -2.15. The second kappa shape index (κ2) is 10.2. The van der Waals surface area contributed by atoms with Crippen molar-refractivity contribution in [3.8, 4) is 23.0 Å². The lowest BCUT2D eigenvalue weighted by molar-refractivity contribution is 0.352. The van der Waals surface area contributed by atoms with E-state index in [1.165, 1.54) is 0 Å². The van der Waals surface area contributed by atoms with Crippen LogP contribution in [0.5, 0.6) is 23.0 Å². The van der Waals surface area contributed by atoms with Crippen molar-refractivity contribution in [2.24, 2.45) is 0 Å². The molecule has 0 bridgehead atoms. The fraction of sp³-hybridized carbons (Fsp3) is 0.133. The summed E-state index contributed by atoms with van der Waals surface area (Å²) < 4.78 is 5.79. The second-order valence-electron chi connectivity index (χ2n) is 8.54. The van der Waals surface area contributed by atoms with Gasteiger partial charge >= 0.3 is 0 Å². The van der Waals surface area contributed by atoms with Gasteiger partial charge in [0.25, 0.3) is 0 Å². The van der Waals surface area contributed by atoms with Gasteiger partial charge in [-0.3, -0.25) is 0 Å². The van der Waals surface area contributed by atoms with E-state index in [9.17, 15) is 15.3 Å². The molecule has 4 aromatic carbocycles. The number of aromatic hydroxyl groups is 3. The first-order chi connectivity index (χ1) is 16.4. The maximum Gasteiger partial charge on any atom is 0.119 e. The van der Waals surface area contributed by atoms with E-state index >= 15 is 0 Å². The average molecular weight is 453 g/mol. The van der Waals surface area contributed by atoms with Crippen LogP contribution in [0.15, 0.2) is 109 Å². The number of ether oxygens (including phenoxy) is 1. The molecule has 4 nitrogen and oxygen atoms in total. The normalized spacial score (nSPS) is 11.8. The van der Waals surface area contributed by atoms with Gasteiger partial charge in [-0.25, -0.2) is 0 Å². The number of rotatable bonds is 8. The van der Waals surface area contributed by atoms with Gasteiger partial charge in [0, 0.05) is 11.8 Å². The average Bonchev–Trinajstić information content (AvgIpc) is 2.84. The molecule has 0 spiro atoms. The molecule has 0 saturated heterocycles. The summed E-state index contributed by atoms with van der Waals surface area (Å²) >= 11 is 0. The fourth-order valence-corrected chi connectivity index (χ4v) is 4.18. The molecular weight excluding hydrogens is 424 g/mol. The minimum Gasteiger partial charge on any atom is -0.508 e. The van der Waals surface area contributed by atoms with Crippen molar-refractivity contribution in [3.05, 3.63) is 131 Å². The molecule has 172 valence electrons. The molecule has 0 saturated carbocycles. The fourth-order valence-electron chi connectivity index (χ4n) is 4.18. The highest BCUT2D eigenvalue weighted by Crippen LogP contribution is 2.44. The Morgan fingerprint density at radius 1 is 0.588 bits per heavy atom. The highest BCUT2D eigenvalue weighted by molar-refractivity contribution is 5.48. The molecule has 3 N–H and O–H groups in total. The van der Waals surface area contributed by atoms with E-state index in [1.54, 1.807) is 36.4 Å². The zero-order valence-electron chi connectivity index (χ0n) is 19.1. The Bertz CT molecular complexity index is 1180. The van der Waals surface area contributed by atoms with Gasteiger partial charge in [0.05, 0.1) is 0 Å². The number of benzene rings is 4. The summed E-state index contributed by atoms with van der Waals surface area (Å²) in [5.41, 5.74) is 5.08. The van der Waals surface area contributed by atoms with E-state index < -0.39 is 0 Å². The summed E-state index contributed by atoms with van der Waals surface area (Å²) in [5.74, 6) is 1.15. The van der Waals surface area contributed by atoms with Crippen LogP contribution < -0.4 is 4.74 Å². The predicted molar refractivity (Wildman–Crippen MR) is 135 cm³/mol. The highest BCUT2D eigenvalue weighted by atomic mass is 16.5. The maximum atomic E-state index is 9.90. The molecule has 0 fully saturated rings. The second-order valence-corrected chi connectivity index (χ2v) is 8.54. The van der Waals surface area contributed by atoms with Crippen LogP contribution in [0.1, 0.15) is 41.0 Å². The zero-order chi connectivity index (χ0) is 24.1. The van der Waals surface area contributed by atoms with Crippen LogP contribution in [0.25, 0.3) is 0 Å². The van der Waals surface area contributed by atoms with Crippen molar-refractivity contribution < 1.29 is 20.1 Å². The first-order valence-corrected chi connectivity index (χ1v) is 11.1. The molecular formula is C30H28O4. The SMILES string of the molecule is C=C(C)COc1ccc(C(c2ccc(O)cc2)C(c2ccc(O)cc2)c2ccc(O)cc2)cc1. The van der Waals surface area contributed by atoms with Crippen LogP contribution in [0.3, 0.4) is 0 Å². The van der Waals surface area contributed by atoms with Gasteiger partial charge in [0.1, 0.15) is 29.6 Å². The minimum absolute atomic E-state index is 0.107. The van der Waals surface area contributed by atoms with Gasteiger partial charge in [-0.2, -0.15) is 0 Å². The molecule has 4 rings (SSSR count). The third kappa shape index (κ3) is 5.41.